The molecule has 2 rings (SSSR count). The summed E-state index contributed by atoms with van der Waals surface area (Å²) in [6.07, 6.45) is 0.247. The zero-order chi connectivity index (χ0) is 16.7. The number of hydrogen-bond acceptors (Lipinski definition) is 5. The van der Waals surface area contributed by atoms with Gasteiger partial charge in [-0.05, 0) is 13.0 Å². The van der Waals surface area contributed by atoms with Crippen molar-refractivity contribution in [1.82, 2.24) is 5.01 Å². The Morgan fingerprint density at radius 1 is 1.45 bits per heavy atom. The van der Waals surface area contributed by atoms with Crippen LogP contribution >= 0.6 is 0 Å². The van der Waals surface area contributed by atoms with Gasteiger partial charge in [-0.25, -0.2) is 0 Å². The summed E-state index contributed by atoms with van der Waals surface area (Å²) in [6, 6.07) is 5.41. The molecule has 0 unspecified atom stereocenters. The fourth-order valence-corrected chi connectivity index (χ4v) is 2.39. The second kappa shape index (κ2) is 5.17. The Kier molecular flexibility index (Phi) is 3.78. The number of amides is 1. The Hall–Kier alpha value is -2.28. The molecule has 0 aliphatic carbocycles. The van der Waals surface area contributed by atoms with Crippen LogP contribution < -0.4 is 0 Å². The zero-order valence-electron chi connectivity index (χ0n) is 13.0. The lowest BCUT2D eigenvalue weighted by Gasteiger charge is -2.41. The predicted molar refractivity (Wildman–Crippen MR) is 81.4 cm³/mol. The molecule has 118 valence electrons. The molecule has 0 aromatic heterocycles. The molecule has 0 fully saturated rings. The third kappa shape index (κ3) is 2.59. The summed E-state index contributed by atoms with van der Waals surface area (Å²) >= 11 is 0. The molecule has 1 heterocycles. The van der Waals surface area contributed by atoms with Gasteiger partial charge in [-0.15, -0.1) is 0 Å². The van der Waals surface area contributed by atoms with E-state index in [0.717, 1.165) is 5.01 Å². The minimum Gasteiger partial charge on any atom is -0.368 e. The van der Waals surface area contributed by atoms with E-state index < -0.39 is 22.0 Å². The molecule has 1 aliphatic heterocycles. The zero-order valence-corrected chi connectivity index (χ0v) is 13.0. The predicted octanol–water partition coefficient (Wildman–Crippen LogP) is 2.55. The molecule has 22 heavy (non-hydrogen) atoms. The van der Waals surface area contributed by atoms with E-state index in [2.05, 4.69) is 5.10 Å². The van der Waals surface area contributed by atoms with Crippen molar-refractivity contribution >= 4 is 17.3 Å². The Bertz CT molecular complexity index is 663. The minimum atomic E-state index is -1.46. The van der Waals surface area contributed by atoms with Gasteiger partial charge >= 0.3 is 0 Å². The van der Waals surface area contributed by atoms with Gasteiger partial charge in [-0.2, -0.15) is 10.1 Å². The van der Waals surface area contributed by atoms with Crippen molar-refractivity contribution in [2.45, 2.75) is 39.8 Å². The molecule has 1 atom stereocenters. The van der Waals surface area contributed by atoms with Gasteiger partial charge in [0.1, 0.15) is 0 Å². The summed E-state index contributed by atoms with van der Waals surface area (Å²) in [4.78, 5) is 22.9. The number of rotatable bonds is 2. The Labute approximate surface area is 128 Å². The number of hydrogen-bond donors (Lipinski definition) is 1. The molecule has 0 radical (unpaired) electrons. The summed E-state index contributed by atoms with van der Waals surface area (Å²) in [5.41, 5.74) is -1.50. The number of nitro groups is 1. The van der Waals surface area contributed by atoms with Crippen LogP contribution in [0.2, 0.25) is 0 Å². The molecular formula is C15H19N3O4. The fraction of sp³-hybridized carbons (Fsp3) is 0.467. The monoisotopic (exact) mass is 305 g/mol. The van der Waals surface area contributed by atoms with Crippen molar-refractivity contribution in [3.63, 3.8) is 0 Å². The van der Waals surface area contributed by atoms with E-state index in [1.54, 1.807) is 6.92 Å². The van der Waals surface area contributed by atoms with Crippen molar-refractivity contribution in [3.8, 4) is 0 Å². The highest BCUT2D eigenvalue weighted by Gasteiger charge is 2.51. The largest absolute Gasteiger partial charge is 0.368 e. The van der Waals surface area contributed by atoms with Crippen molar-refractivity contribution in [3.05, 3.63) is 39.9 Å². The molecule has 1 aliphatic rings. The molecule has 0 saturated carbocycles. The van der Waals surface area contributed by atoms with Crippen LogP contribution in [-0.2, 0) is 0 Å². The number of carbonyl (C=O) groups excluding carboxylic acids is 1. The standard InChI is InChI=1S/C15H19N3O4/c1-10-9-15(20,14(2,3)4)17(16-10)13(19)11-6-5-7-12(8-11)18(21)22/h5-8,20H,9H2,1-4H3/t15-/m0/s1. The summed E-state index contributed by atoms with van der Waals surface area (Å²) in [5, 5.41) is 26.9. The Balaban J connectivity index is 2.43. The first kappa shape index (κ1) is 16.1. The maximum atomic E-state index is 12.7. The minimum absolute atomic E-state index is 0.121. The lowest BCUT2D eigenvalue weighted by molar-refractivity contribution is -0.384. The first-order valence-electron chi connectivity index (χ1n) is 6.92. The third-order valence-electron chi connectivity index (χ3n) is 3.82. The number of aliphatic hydroxyl groups is 1. The number of non-ortho nitro benzene ring substituents is 1. The SMILES string of the molecule is CC1=NN(C(=O)c2cccc([N+](=O)[O-])c2)[C@@](O)(C(C)(C)C)C1. The van der Waals surface area contributed by atoms with Gasteiger partial charge in [0, 0.05) is 35.2 Å². The quantitative estimate of drug-likeness (QED) is 0.670. The normalized spacial score (nSPS) is 21.7. The average Bonchev–Trinajstić information content (AvgIpc) is 2.74. The van der Waals surface area contributed by atoms with Gasteiger partial charge < -0.3 is 5.11 Å². The first-order valence-corrected chi connectivity index (χ1v) is 6.92. The number of carbonyl (C=O) groups is 1. The number of nitro benzene ring substituents is 1. The first-order chi connectivity index (χ1) is 10.1. The van der Waals surface area contributed by atoms with Crippen molar-refractivity contribution in [2.75, 3.05) is 0 Å². The highest BCUT2D eigenvalue weighted by Crippen LogP contribution is 2.41. The third-order valence-corrected chi connectivity index (χ3v) is 3.82. The Morgan fingerprint density at radius 2 is 2.09 bits per heavy atom. The molecule has 1 amide bonds. The van der Waals surface area contributed by atoms with Crippen LogP contribution in [0.1, 0.15) is 44.5 Å². The number of nitrogens with zero attached hydrogens (tertiary/aromatic N) is 3. The number of benzene rings is 1. The summed E-state index contributed by atoms with van der Waals surface area (Å²) < 4.78 is 0. The van der Waals surface area contributed by atoms with Gasteiger partial charge in [0.2, 0.25) is 0 Å². The maximum Gasteiger partial charge on any atom is 0.276 e. The van der Waals surface area contributed by atoms with Crippen molar-refractivity contribution in [1.29, 1.82) is 0 Å². The average molecular weight is 305 g/mol. The molecule has 1 aromatic rings. The van der Waals surface area contributed by atoms with Crippen LogP contribution in [0.3, 0.4) is 0 Å². The van der Waals surface area contributed by atoms with E-state index in [1.165, 1.54) is 24.3 Å². The van der Waals surface area contributed by atoms with E-state index in [4.69, 9.17) is 0 Å². The van der Waals surface area contributed by atoms with Crippen LogP contribution in [0, 0.1) is 15.5 Å². The lowest BCUT2D eigenvalue weighted by Crippen LogP contribution is -2.54. The second-order valence-corrected chi connectivity index (χ2v) is 6.50. The van der Waals surface area contributed by atoms with Crippen LogP contribution in [0.5, 0.6) is 0 Å². The molecule has 0 saturated heterocycles. The molecular weight excluding hydrogens is 286 g/mol. The van der Waals surface area contributed by atoms with E-state index in [1.807, 2.05) is 20.8 Å². The molecule has 1 N–H and O–H groups in total. The number of hydrazone groups is 1. The topological polar surface area (TPSA) is 96.0 Å². The Morgan fingerprint density at radius 3 is 2.64 bits per heavy atom. The molecule has 1 aromatic carbocycles. The summed E-state index contributed by atoms with van der Waals surface area (Å²) in [5.74, 6) is -0.557. The van der Waals surface area contributed by atoms with Gasteiger partial charge in [-0.1, -0.05) is 26.8 Å². The van der Waals surface area contributed by atoms with Gasteiger partial charge in [0.05, 0.1) is 4.92 Å². The second-order valence-electron chi connectivity index (χ2n) is 6.50. The van der Waals surface area contributed by atoms with E-state index in [-0.39, 0.29) is 17.7 Å². The van der Waals surface area contributed by atoms with Crippen LogP contribution in [0.25, 0.3) is 0 Å². The van der Waals surface area contributed by atoms with Crippen LogP contribution in [-0.4, -0.2) is 32.4 Å². The maximum absolute atomic E-state index is 12.7. The van der Waals surface area contributed by atoms with Gasteiger partial charge in [0.25, 0.3) is 11.6 Å². The highest BCUT2D eigenvalue weighted by atomic mass is 16.6. The van der Waals surface area contributed by atoms with Gasteiger partial charge in [-0.3, -0.25) is 14.9 Å². The molecule has 7 heteroatoms. The molecule has 7 nitrogen and oxygen atoms in total. The summed E-state index contributed by atoms with van der Waals surface area (Å²) in [7, 11) is 0. The molecule has 0 spiro atoms. The van der Waals surface area contributed by atoms with Gasteiger partial charge in [0.15, 0.2) is 5.72 Å². The van der Waals surface area contributed by atoms with Crippen LogP contribution in [0.4, 0.5) is 5.69 Å². The van der Waals surface area contributed by atoms with Crippen molar-refractivity contribution < 1.29 is 14.8 Å². The highest BCUT2D eigenvalue weighted by molar-refractivity contribution is 5.98. The lowest BCUT2D eigenvalue weighted by atomic mass is 9.80. The van der Waals surface area contributed by atoms with E-state index in [9.17, 15) is 20.0 Å². The van der Waals surface area contributed by atoms with Crippen LogP contribution in [0.15, 0.2) is 29.4 Å². The van der Waals surface area contributed by atoms with E-state index in [0.29, 0.717) is 5.71 Å². The smallest absolute Gasteiger partial charge is 0.276 e. The molecule has 0 bridgehead atoms. The van der Waals surface area contributed by atoms with Crippen molar-refractivity contribution in [2.24, 2.45) is 10.5 Å². The van der Waals surface area contributed by atoms with E-state index >= 15 is 0 Å². The fourth-order valence-electron chi connectivity index (χ4n) is 2.39. The summed E-state index contributed by atoms with van der Waals surface area (Å²) in [6.45, 7) is 7.18.